The van der Waals surface area contributed by atoms with Crippen molar-refractivity contribution in [2.75, 3.05) is 13.2 Å². The van der Waals surface area contributed by atoms with E-state index in [1.54, 1.807) is 38.1 Å². The molecule has 0 saturated heterocycles. The molecular formula is C30H22F2O4S3. The second-order valence-corrected chi connectivity index (χ2v) is 11.5. The molecule has 0 saturated carbocycles. The Balaban J connectivity index is 1.54. The molecule has 2 aromatic carbocycles. The molecule has 9 heteroatoms. The highest BCUT2D eigenvalue weighted by molar-refractivity contribution is 7.27. The maximum atomic E-state index is 13.5. The first-order valence-corrected chi connectivity index (χ1v) is 14.6. The molecule has 0 bridgehead atoms. The maximum absolute atomic E-state index is 13.5. The summed E-state index contributed by atoms with van der Waals surface area (Å²) in [5.74, 6) is -1.56. The van der Waals surface area contributed by atoms with Crippen LogP contribution < -0.4 is 0 Å². The van der Waals surface area contributed by atoms with E-state index in [4.69, 9.17) is 9.47 Å². The van der Waals surface area contributed by atoms with Crippen LogP contribution in [0.15, 0.2) is 72.8 Å². The minimum Gasteiger partial charge on any atom is -0.462 e. The van der Waals surface area contributed by atoms with Gasteiger partial charge in [0, 0.05) is 30.6 Å². The number of carbonyl (C=O) groups is 2. The van der Waals surface area contributed by atoms with Gasteiger partial charge in [-0.05, 0) is 73.5 Å². The summed E-state index contributed by atoms with van der Waals surface area (Å²) in [7, 11) is 0. The number of esters is 2. The molecule has 0 atom stereocenters. The van der Waals surface area contributed by atoms with E-state index in [-0.39, 0.29) is 24.8 Å². The SMILES string of the molecule is CCOC(=O)c1sc(-c2ccc(-c3cc(-c4ccc(F)cc4)c(C(=O)OCC)s3)s2)cc1-c1ccc(F)cc1. The zero-order valence-corrected chi connectivity index (χ0v) is 23.4. The lowest BCUT2D eigenvalue weighted by atomic mass is 10.1. The maximum Gasteiger partial charge on any atom is 0.348 e. The molecule has 5 rings (SSSR count). The Morgan fingerprint density at radius 2 is 0.974 bits per heavy atom. The minimum absolute atomic E-state index is 0.246. The number of ether oxygens (including phenoxy) is 2. The highest BCUT2D eigenvalue weighted by atomic mass is 32.1. The van der Waals surface area contributed by atoms with Crippen molar-refractivity contribution >= 4 is 45.9 Å². The average molecular weight is 581 g/mol. The van der Waals surface area contributed by atoms with Gasteiger partial charge in [-0.3, -0.25) is 0 Å². The van der Waals surface area contributed by atoms with Crippen LogP contribution in [0.4, 0.5) is 8.78 Å². The topological polar surface area (TPSA) is 52.6 Å². The number of rotatable bonds is 8. The molecule has 0 spiro atoms. The highest BCUT2D eigenvalue weighted by Crippen LogP contribution is 2.45. The third kappa shape index (κ3) is 5.71. The van der Waals surface area contributed by atoms with Crippen molar-refractivity contribution in [3.8, 4) is 41.8 Å². The molecule has 0 radical (unpaired) electrons. The molecule has 0 aliphatic rings. The predicted molar refractivity (Wildman–Crippen MR) is 154 cm³/mol. The van der Waals surface area contributed by atoms with Crippen LogP contribution in [-0.2, 0) is 9.47 Å². The molecule has 0 N–H and O–H groups in total. The molecule has 39 heavy (non-hydrogen) atoms. The molecule has 0 aliphatic carbocycles. The van der Waals surface area contributed by atoms with Crippen LogP contribution in [0.2, 0.25) is 0 Å². The van der Waals surface area contributed by atoms with Crippen molar-refractivity contribution in [1.29, 1.82) is 0 Å². The van der Waals surface area contributed by atoms with E-state index >= 15 is 0 Å². The standard InChI is InChI=1S/C30H22F2O4S3/c1-3-35-29(33)27-21(17-5-9-19(31)10-6-17)15-25(38-27)23-13-14-24(37-23)26-16-22(18-7-11-20(32)12-8-18)28(39-26)30(34)36-4-2/h5-16H,3-4H2,1-2H3. The summed E-state index contributed by atoms with van der Waals surface area (Å²) >= 11 is 4.17. The number of hydrogen-bond donors (Lipinski definition) is 0. The summed E-state index contributed by atoms with van der Waals surface area (Å²) in [6.45, 7) is 3.99. The van der Waals surface area contributed by atoms with E-state index in [1.165, 1.54) is 58.3 Å². The third-order valence-electron chi connectivity index (χ3n) is 5.79. The Kier molecular flexibility index (Phi) is 8.02. The van der Waals surface area contributed by atoms with Gasteiger partial charge in [0.25, 0.3) is 0 Å². The Morgan fingerprint density at radius 1 is 0.590 bits per heavy atom. The van der Waals surface area contributed by atoms with Gasteiger partial charge in [-0.2, -0.15) is 0 Å². The van der Waals surface area contributed by atoms with E-state index < -0.39 is 11.9 Å². The number of halogens is 2. The van der Waals surface area contributed by atoms with Crippen molar-refractivity contribution in [2.24, 2.45) is 0 Å². The number of carbonyl (C=O) groups excluding carboxylic acids is 2. The summed E-state index contributed by atoms with van der Waals surface area (Å²) < 4.78 is 37.6. The van der Waals surface area contributed by atoms with Crippen molar-refractivity contribution < 1.29 is 27.8 Å². The normalized spacial score (nSPS) is 11.0. The monoisotopic (exact) mass is 580 g/mol. The number of thiophene rings is 3. The molecule has 5 aromatic rings. The smallest absolute Gasteiger partial charge is 0.348 e. The fourth-order valence-electron chi connectivity index (χ4n) is 4.01. The molecule has 3 aromatic heterocycles. The van der Waals surface area contributed by atoms with E-state index in [2.05, 4.69) is 0 Å². The van der Waals surface area contributed by atoms with Crippen LogP contribution in [0.25, 0.3) is 41.8 Å². The molecule has 0 amide bonds. The average Bonchev–Trinajstić information content (AvgIpc) is 3.68. The fraction of sp³-hybridized carbons (Fsp3) is 0.133. The lowest BCUT2D eigenvalue weighted by molar-refractivity contribution is 0.0523. The summed E-state index contributed by atoms with van der Waals surface area (Å²) in [5, 5.41) is 0. The van der Waals surface area contributed by atoms with E-state index in [1.807, 2.05) is 24.3 Å². The van der Waals surface area contributed by atoms with Gasteiger partial charge in [0.15, 0.2) is 0 Å². The van der Waals surface area contributed by atoms with Crippen LogP contribution >= 0.6 is 34.0 Å². The van der Waals surface area contributed by atoms with Gasteiger partial charge in [0.2, 0.25) is 0 Å². The van der Waals surface area contributed by atoms with Crippen LogP contribution in [0, 0.1) is 11.6 Å². The summed E-state index contributed by atoms with van der Waals surface area (Å²) in [6.07, 6.45) is 0. The summed E-state index contributed by atoms with van der Waals surface area (Å²) in [6, 6.07) is 19.8. The zero-order chi connectivity index (χ0) is 27.5. The first kappa shape index (κ1) is 26.9. The predicted octanol–water partition coefficient (Wildman–Crippen LogP) is 9.17. The Morgan fingerprint density at radius 3 is 1.33 bits per heavy atom. The molecule has 0 fully saturated rings. The van der Waals surface area contributed by atoms with Crippen LogP contribution in [0.5, 0.6) is 0 Å². The molecule has 0 unspecified atom stereocenters. The van der Waals surface area contributed by atoms with Crippen LogP contribution in [-0.4, -0.2) is 25.2 Å². The second kappa shape index (κ2) is 11.6. The number of hydrogen-bond acceptors (Lipinski definition) is 7. The van der Waals surface area contributed by atoms with Crippen LogP contribution in [0.3, 0.4) is 0 Å². The van der Waals surface area contributed by atoms with Crippen molar-refractivity contribution in [3.05, 3.63) is 94.2 Å². The first-order chi connectivity index (χ1) is 18.9. The first-order valence-electron chi connectivity index (χ1n) is 12.1. The molecule has 198 valence electrons. The Hall–Kier alpha value is -3.66. The zero-order valence-electron chi connectivity index (χ0n) is 21.0. The van der Waals surface area contributed by atoms with Crippen molar-refractivity contribution in [3.63, 3.8) is 0 Å². The van der Waals surface area contributed by atoms with Gasteiger partial charge in [-0.1, -0.05) is 24.3 Å². The fourth-order valence-corrected chi connectivity index (χ4v) is 7.33. The second-order valence-electron chi connectivity index (χ2n) is 8.33. The Labute approximate surface area is 236 Å². The van der Waals surface area contributed by atoms with E-state index in [0.717, 1.165) is 30.6 Å². The molecule has 0 aliphatic heterocycles. The lowest BCUT2D eigenvalue weighted by Gasteiger charge is -2.03. The van der Waals surface area contributed by atoms with Gasteiger partial charge in [-0.25, -0.2) is 18.4 Å². The van der Waals surface area contributed by atoms with Crippen molar-refractivity contribution in [2.45, 2.75) is 13.8 Å². The minimum atomic E-state index is -0.425. The van der Waals surface area contributed by atoms with Gasteiger partial charge < -0.3 is 9.47 Å². The van der Waals surface area contributed by atoms with E-state index in [0.29, 0.717) is 20.9 Å². The summed E-state index contributed by atoms with van der Waals surface area (Å²) in [4.78, 5) is 30.0. The summed E-state index contributed by atoms with van der Waals surface area (Å²) in [5.41, 5.74) is 2.81. The largest absolute Gasteiger partial charge is 0.462 e. The van der Waals surface area contributed by atoms with Gasteiger partial charge in [0.05, 0.1) is 13.2 Å². The quantitative estimate of drug-likeness (QED) is 0.172. The Bertz CT molecular complexity index is 1510. The molecule has 4 nitrogen and oxygen atoms in total. The van der Waals surface area contributed by atoms with E-state index in [9.17, 15) is 18.4 Å². The number of benzene rings is 2. The lowest BCUT2D eigenvalue weighted by Crippen LogP contribution is -2.03. The van der Waals surface area contributed by atoms with Gasteiger partial charge in [0.1, 0.15) is 21.4 Å². The van der Waals surface area contributed by atoms with Gasteiger partial charge >= 0.3 is 11.9 Å². The van der Waals surface area contributed by atoms with Crippen LogP contribution in [0.1, 0.15) is 33.2 Å². The van der Waals surface area contributed by atoms with Crippen molar-refractivity contribution in [1.82, 2.24) is 0 Å². The third-order valence-corrected chi connectivity index (χ3v) is 9.49. The highest BCUT2D eigenvalue weighted by Gasteiger charge is 2.23. The molecule has 3 heterocycles. The molecular weight excluding hydrogens is 559 g/mol. The van der Waals surface area contributed by atoms with Gasteiger partial charge in [-0.15, -0.1) is 34.0 Å².